The van der Waals surface area contributed by atoms with Gasteiger partial charge in [-0.2, -0.15) is 0 Å². The van der Waals surface area contributed by atoms with Crippen molar-refractivity contribution in [3.05, 3.63) is 24.0 Å². The van der Waals surface area contributed by atoms with Crippen molar-refractivity contribution < 1.29 is 10.0 Å². The number of nitrogens with two attached hydrogens (primary N) is 1. The monoisotopic (exact) mass is 279 g/mol. The number of amidine groups is 1. The van der Waals surface area contributed by atoms with Gasteiger partial charge in [0.1, 0.15) is 11.5 Å². The zero-order valence-electron chi connectivity index (χ0n) is 12.0. The highest BCUT2D eigenvalue weighted by atomic mass is 16.4. The Kier molecular flexibility index (Phi) is 5.76. The molecule has 1 heterocycles. The fraction of sp³-hybridized carbons (Fsp3) is 0.462. The van der Waals surface area contributed by atoms with Gasteiger partial charge in [0.05, 0.1) is 0 Å². The molecule has 4 N–H and O–H groups in total. The number of hydrogen-bond donors (Lipinski definition) is 3. The first kappa shape index (κ1) is 15.7. The maximum Gasteiger partial charge on any atom is 0.269 e. The van der Waals surface area contributed by atoms with E-state index in [1.165, 1.54) is 0 Å². The molecule has 1 aromatic rings. The maximum atomic E-state index is 11.7. The zero-order valence-corrected chi connectivity index (χ0v) is 12.0. The third-order valence-corrected chi connectivity index (χ3v) is 2.92. The fourth-order valence-corrected chi connectivity index (χ4v) is 1.74. The lowest BCUT2D eigenvalue weighted by atomic mass is 10.1. The summed E-state index contributed by atoms with van der Waals surface area (Å²) < 4.78 is 0. The molecule has 0 fully saturated rings. The summed E-state index contributed by atoms with van der Waals surface area (Å²) in [6, 6.07) is 3.52. The molecule has 0 bridgehead atoms. The summed E-state index contributed by atoms with van der Waals surface area (Å²) in [5, 5.41) is 14.3. The van der Waals surface area contributed by atoms with Crippen LogP contribution in [-0.2, 0) is 0 Å². The lowest BCUT2D eigenvalue weighted by Crippen LogP contribution is -2.33. The Bertz CT molecular complexity index is 489. The second-order valence-corrected chi connectivity index (χ2v) is 4.57. The predicted octanol–water partition coefficient (Wildman–Crippen LogP) is 0.650. The minimum absolute atomic E-state index is 0.105. The second kappa shape index (κ2) is 7.32. The van der Waals surface area contributed by atoms with Crippen LogP contribution in [0.4, 0.5) is 5.69 Å². The van der Waals surface area contributed by atoms with Crippen LogP contribution in [0.1, 0.15) is 24.3 Å². The quantitative estimate of drug-likeness (QED) is 0.307. The van der Waals surface area contributed by atoms with Crippen molar-refractivity contribution in [1.82, 2.24) is 10.3 Å². The zero-order chi connectivity index (χ0) is 15.1. The highest BCUT2D eigenvalue weighted by Crippen LogP contribution is 2.14. The van der Waals surface area contributed by atoms with E-state index >= 15 is 0 Å². The average molecular weight is 279 g/mol. The molecular weight excluding hydrogens is 258 g/mol. The van der Waals surface area contributed by atoms with Crippen molar-refractivity contribution in [2.45, 2.75) is 13.8 Å². The summed E-state index contributed by atoms with van der Waals surface area (Å²) in [6.07, 6.45) is 1.59. The van der Waals surface area contributed by atoms with Gasteiger partial charge in [0.25, 0.3) is 5.91 Å². The lowest BCUT2D eigenvalue weighted by Gasteiger charge is -2.23. The standard InChI is InChI=1S/C13H21N5O2/c1-4-15-13(19)11-7-10(5-6-16-11)18(3)8-9(2)12(14)17-20/h5-7,9,20H,4,8H2,1-3H3,(H2,14,17)(H,15,19). The molecule has 1 unspecified atom stereocenters. The van der Waals surface area contributed by atoms with E-state index in [0.717, 1.165) is 5.69 Å². The van der Waals surface area contributed by atoms with E-state index in [4.69, 9.17) is 10.9 Å². The predicted molar refractivity (Wildman–Crippen MR) is 78.1 cm³/mol. The van der Waals surface area contributed by atoms with Gasteiger partial charge < -0.3 is 21.2 Å². The first-order valence-corrected chi connectivity index (χ1v) is 6.42. The van der Waals surface area contributed by atoms with Crippen molar-refractivity contribution >= 4 is 17.4 Å². The molecule has 0 aliphatic rings. The second-order valence-electron chi connectivity index (χ2n) is 4.57. The topological polar surface area (TPSA) is 104 Å². The van der Waals surface area contributed by atoms with E-state index in [-0.39, 0.29) is 17.7 Å². The Balaban J connectivity index is 2.81. The van der Waals surface area contributed by atoms with Gasteiger partial charge in [0.15, 0.2) is 0 Å². The molecule has 1 atom stereocenters. The fourth-order valence-electron chi connectivity index (χ4n) is 1.74. The maximum absolute atomic E-state index is 11.7. The summed E-state index contributed by atoms with van der Waals surface area (Å²) in [5.74, 6) is -0.131. The summed E-state index contributed by atoms with van der Waals surface area (Å²) in [6.45, 7) is 4.83. The van der Waals surface area contributed by atoms with Crippen LogP contribution < -0.4 is 16.0 Å². The molecular formula is C13H21N5O2. The highest BCUT2D eigenvalue weighted by molar-refractivity contribution is 5.93. The van der Waals surface area contributed by atoms with Gasteiger partial charge in [-0.25, -0.2) is 0 Å². The third kappa shape index (κ3) is 4.11. The summed E-state index contributed by atoms with van der Waals surface area (Å²) in [5.41, 5.74) is 6.77. The molecule has 110 valence electrons. The van der Waals surface area contributed by atoms with Crippen LogP contribution in [0.15, 0.2) is 23.5 Å². The molecule has 0 spiro atoms. The van der Waals surface area contributed by atoms with Crippen LogP contribution >= 0.6 is 0 Å². The number of aromatic nitrogens is 1. The number of pyridine rings is 1. The van der Waals surface area contributed by atoms with Gasteiger partial charge >= 0.3 is 0 Å². The van der Waals surface area contributed by atoms with Crippen LogP contribution in [0, 0.1) is 5.92 Å². The Labute approximate surface area is 118 Å². The molecule has 0 saturated carbocycles. The molecule has 20 heavy (non-hydrogen) atoms. The van der Waals surface area contributed by atoms with Crippen LogP contribution in [0.2, 0.25) is 0 Å². The average Bonchev–Trinajstić information content (AvgIpc) is 2.46. The molecule has 1 aromatic heterocycles. The smallest absolute Gasteiger partial charge is 0.269 e. The van der Waals surface area contributed by atoms with Crippen LogP contribution in [0.3, 0.4) is 0 Å². The number of anilines is 1. The van der Waals surface area contributed by atoms with E-state index in [1.807, 2.05) is 31.9 Å². The first-order valence-electron chi connectivity index (χ1n) is 6.42. The molecule has 0 saturated heterocycles. The molecule has 0 aliphatic carbocycles. The number of nitrogens with one attached hydrogen (secondary N) is 1. The van der Waals surface area contributed by atoms with Crippen molar-refractivity contribution in [3.63, 3.8) is 0 Å². The van der Waals surface area contributed by atoms with E-state index in [0.29, 0.717) is 18.8 Å². The van der Waals surface area contributed by atoms with E-state index in [9.17, 15) is 4.79 Å². The molecule has 0 aromatic carbocycles. The summed E-state index contributed by atoms with van der Waals surface area (Å²) >= 11 is 0. The summed E-state index contributed by atoms with van der Waals surface area (Å²) in [4.78, 5) is 17.7. The van der Waals surface area contributed by atoms with E-state index < -0.39 is 0 Å². The number of hydrogen-bond acceptors (Lipinski definition) is 5. The normalized spacial score (nSPS) is 12.8. The summed E-state index contributed by atoms with van der Waals surface area (Å²) in [7, 11) is 1.87. The van der Waals surface area contributed by atoms with Crippen LogP contribution in [0.5, 0.6) is 0 Å². The molecule has 1 rings (SSSR count). The molecule has 7 heteroatoms. The number of amides is 1. The Morgan fingerprint density at radius 1 is 1.65 bits per heavy atom. The van der Waals surface area contributed by atoms with Crippen molar-refractivity contribution in [1.29, 1.82) is 0 Å². The van der Waals surface area contributed by atoms with Crippen molar-refractivity contribution in [2.24, 2.45) is 16.8 Å². The number of oxime groups is 1. The molecule has 1 amide bonds. The van der Waals surface area contributed by atoms with Gasteiger partial charge in [-0.1, -0.05) is 12.1 Å². The third-order valence-electron chi connectivity index (χ3n) is 2.92. The van der Waals surface area contributed by atoms with Gasteiger partial charge in [-0.15, -0.1) is 0 Å². The largest absolute Gasteiger partial charge is 0.409 e. The number of carbonyl (C=O) groups excluding carboxylic acids is 1. The van der Waals surface area contributed by atoms with Gasteiger partial charge in [-0.05, 0) is 19.1 Å². The number of nitrogens with zero attached hydrogens (tertiary/aromatic N) is 3. The van der Waals surface area contributed by atoms with Gasteiger partial charge in [-0.3, -0.25) is 9.78 Å². The van der Waals surface area contributed by atoms with Crippen LogP contribution in [-0.4, -0.2) is 42.1 Å². The van der Waals surface area contributed by atoms with Gasteiger partial charge in [0, 0.05) is 37.9 Å². The Morgan fingerprint density at radius 2 is 2.35 bits per heavy atom. The Hall–Kier alpha value is -2.31. The minimum Gasteiger partial charge on any atom is -0.409 e. The highest BCUT2D eigenvalue weighted by Gasteiger charge is 2.13. The van der Waals surface area contributed by atoms with Crippen molar-refractivity contribution in [2.75, 3.05) is 25.0 Å². The molecule has 0 aliphatic heterocycles. The van der Waals surface area contributed by atoms with E-state index in [1.54, 1.807) is 12.3 Å². The molecule has 0 radical (unpaired) electrons. The number of carbonyl (C=O) groups is 1. The van der Waals surface area contributed by atoms with Crippen LogP contribution in [0.25, 0.3) is 0 Å². The van der Waals surface area contributed by atoms with Gasteiger partial charge in [0.2, 0.25) is 0 Å². The molecule has 7 nitrogen and oxygen atoms in total. The SMILES string of the molecule is CCNC(=O)c1cc(N(C)CC(C)C(N)=NO)ccn1. The Morgan fingerprint density at radius 3 is 2.95 bits per heavy atom. The number of rotatable bonds is 6. The first-order chi connectivity index (χ1) is 9.49. The van der Waals surface area contributed by atoms with E-state index in [2.05, 4.69) is 15.5 Å². The van der Waals surface area contributed by atoms with Crippen molar-refractivity contribution in [3.8, 4) is 0 Å². The minimum atomic E-state index is -0.202. The lowest BCUT2D eigenvalue weighted by molar-refractivity contribution is 0.0951.